The Bertz CT molecular complexity index is 1220. The van der Waals surface area contributed by atoms with Gasteiger partial charge in [0, 0.05) is 5.56 Å². The topological polar surface area (TPSA) is 93.7 Å². The Morgan fingerprint density at radius 3 is 2.39 bits per heavy atom. The summed E-state index contributed by atoms with van der Waals surface area (Å²) in [4.78, 5) is 35.0. The quantitative estimate of drug-likeness (QED) is 0.491. The Hall–Kier alpha value is -4.13. The van der Waals surface area contributed by atoms with Crippen molar-refractivity contribution in [3.8, 4) is 11.5 Å². The number of rotatable bonds is 5. The molecular weight excluding hydrogens is 396 g/mol. The fourth-order valence-electron chi connectivity index (χ4n) is 3.45. The molecule has 0 unspecified atom stereocenters. The number of urea groups is 1. The highest BCUT2D eigenvalue weighted by Gasteiger charge is 2.27. The van der Waals surface area contributed by atoms with Gasteiger partial charge in [-0.1, -0.05) is 42.5 Å². The van der Waals surface area contributed by atoms with E-state index in [4.69, 9.17) is 9.47 Å². The lowest BCUT2D eigenvalue weighted by Gasteiger charge is -2.16. The molecule has 2 N–H and O–H groups in total. The summed E-state index contributed by atoms with van der Waals surface area (Å²) in [5.74, 6) is -0.511. The van der Waals surface area contributed by atoms with Gasteiger partial charge in [-0.25, -0.2) is 4.79 Å². The van der Waals surface area contributed by atoms with Gasteiger partial charge in [-0.3, -0.25) is 20.2 Å². The maximum Gasteiger partial charge on any atom is 0.328 e. The number of imide groups is 2. The van der Waals surface area contributed by atoms with Crippen LogP contribution in [0.25, 0.3) is 16.8 Å². The minimum absolute atomic E-state index is 0.165. The molecule has 3 aromatic carbocycles. The van der Waals surface area contributed by atoms with E-state index in [1.54, 1.807) is 18.2 Å². The molecule has 1 fully saturated rings. The van der Waals surface area contributed by atoms with Crippen molar-refractivity contribution in [1.82, 2.24) is 10.6 Å². The van der Waals surface area contributed by atoms with Gasteiger partial charge in [-0.05, 0) is 47.0 Å². The van der Waals surface area contributed by atoms with Crippen LogP contribution in [0.5, 0.6) is 11.5 Å². The second-order valence-corrected chi connectivity index (χ2v) is 7.08. The Labute approximate surface area is 178 Å². The highest BCUT2D eigenvalue weighted by molar-refractivity contribution is 6.31. The number of nitrogens with one attached hydrogen (secondary N) is 2. The third kappa shape index (κ3) is 4.11. The van der Waals surface area contributed by atoms with Gasteiger partial charge in [-0.2, -0.15) is 0 Å². The number of methoxy groups -OCH3 is 1. The molecule has 0 spiro atoms. The van der Waals surface area contributed by atoms with E-state index in [1.165, 1.54) is 13.2 Å². The SMILES string of the molecule is COc1cc(C=C2C(=O)NC(=O)NC2=O)ccc1OCc1c(C)ccc2ccccc12. The van der Waals surface area contributed by atoms with Crippen molar-refractivity contribution in [2.24, 2.45) is 0 Å². The number of barbiturate groups is 1. The maximum absolute atomic E-state index is 11.9. The summed E-state index contributed by atoms with van der Waals surface area (Å²) in [6.07, 6.45) is 1.39. The molecular formula is C24H20N2O5. The Kier molecular flexibility index (Phi) is 5.41. The third-order valence-electron chi connectivity index (χ3n) is 5.09. The normalized spacial score (nSPS) is 13.6. The molecule has 1 heterocycles. The summed E-state index contributed by atoms with van der Waals surface area (Å²) in [6, 6.07) is 16.5. The first-order valence-electron chi connectivity index (χ1n) is 9.62. The van der Waals surface area contributed by atoms with Gasteiger partial charge in [-0.15, -0.1) is 0 Å². The molecule has 0 bridgehead atoms. The van der Waals surface area contributed by atoms with E-state index in [9.17, 15) is 14.4 Å². The minimum Gasteiger partial charge on any atom is -0.493 e. The van der Waals surface area contributed by atoms with Crippen molar-refractivity contribution in [3.63, 3.8) is 0 Å². The zero-order valence-electron chi connectivity index (χ0n) is 17.0. The molecule has 7 heteroatoms. The van der Waals surface area contributed by atoms with E-state index in [0.29, 0.717) is 23.7 Å². The number of amides is 4. The van der Waals surface area contributed by atoms with Gasteiger partial charge in [0.15, 0.2) is 11.5 Å². The molecule has 156 valence electrons. The predicted molar refractivity (Wildman–Crippen MR) is 116 cm³/mol. The molecule has 4 rings (SSSR count). The Morgan fingerprint density at radius 1 is 0.903 bits per heavy atom. The van der Waals surface area contributed by atoms with Gasteiger partial charge < -0.3 is 9.47 Å². The van der Waals surface area contributed by atoms with Crippen LogP contribution in [0.15, 0.2) is 60.2 Å². The summed E-state index contributed by atoms with van der Waals surface area (Å²) in [5.41, 5.74) is 2.61. The summed E-state index contributed by atoms with van der Waals surface area (Å²) in [7, 11) is 1.51. The van der Waals surface area contributed by atoms with Crippen molar-refractivity contribution in [2.45, 2.75) is 13.5 Å². The van der Waals surface area contributed by atoms with E-state index >= 15 is 0 Å². The van der Waals surface area contributed by atoms with Crippen LogP contribution in [0.2, 0.25) is 0 Å². The van der Waals surface area contributed by atoms with Crippen LogP contribution < -0.4 is 20.1 Å². The summed E-state index contributed by atoms with van der Waals surface area (Å²) in [6.45, 7) is 2.40. The maximum atomic E-state index is 11.9. The lowest BCUT2D eigenvalue weighted by atomic mass is 10.0. The van der Waals surface area contributed by atoms with Crippen molar-refractivity contribution in [2.75, 3.05) is 7.11 Å². The number of benzene rings is 3. The zero-order valence-corrected chi connectivity index (χ0v) is 17.0. The molecule has 0 radical (unpaired) electrons. The number of aryl methyl sites for hydroxylation is 1. The van der Waals surface area contributed by atoms with E-state index in [2.05, 4.69) is 24.3 Å². The highest BCUT2D eigenvalue weighted by atomic mass is 16.5. The Balaban J connectivity index is 1.59. The molecule has 31 heavy (non-hydrogen) atoms. The van der Waals surface area contributed by atoms with E-state index < -0.39 is 17.8 Å². The zero-order chi connectivity index (χ0) is 22.0. The monoisotopic (exact) mass is 416 g/mol. The summed E-state index contributed by atoms with van der Waals surface area (Å²) >= 11 is 0. The number of carbonyl (C=O) groups excluding carboxylic acids is 3. The fourth-order valence-corrected chi connectivity index (χ4v) is 3.45. The van der Waals surface area contributed by atoms with Gasteiger partial charge in [0.05, 0.1) is 7.11 Å². The molecule has 1 aliphatic heterocycles. The second-order valence-electron chi connectivity index (χ2n) is 7.08. The van der Waals surface area contributed by atoms with Crippen LogP contribution in [0.1, 0.15) is 16.7 Å². The number of hydrogen-bond donors (Lipinski definition) is 2. The standard InChI is InChI=1S/C24H20N2O5/c1-14-7-9-16-5-3-4-6-17(16)19(14)13-31-20-10-8-15(12-21(20)30-2)11-18-22(27)25-24(29)26-23(18)28/h3-12H,13H2,1-2H3,(H2,25,26,27,28,29). The lowest BCUT2D eigenvalue weighted by Crippen LogP contribution is -2.51. The second kappa shape index (κ2) is 8.31. The summed E-state index contributed by atoms with van der Waals surface area (Å²) < 4.78 is 11.5. The predicted octanol–water partition coefficient (Wildman–Crippen LogP) is 3.49. The smallest absolute Gasteiger partial charge is 0.328 e. The number of ether oxygens (including phenoxy) is 2. The molecule has 1 saturated heterocycles. The average molecular weight is 416 g/mol. The van der Waals surface area contributed by atoms with Crippen LogP contribution >= 0.6 is 0 Å². The fraction of sp³-hybridized carbons (Fsp3) is 0.125. The molecule has 3 aromatic rings. The largest absolute Gasteiger partial charge is 0.493 e. The van der Waals surface area contributed by atoms with Crippen molar-refractivity contribution in [1.29, 1.82) is 0 Å². The van der Waals surface area contributed by atoms with Crippen LogP contribution in [0.4, 0.5) is 4.79 Å². The van der Waals surface area contributed by atoms with Gasteiger partial charge in [0.2, 0.25) is 0 Å². The molecule has 7 nitrogen and oxygen atoms in total. The highest BCUT2D eigenvalue weighted by Crippen LogP contribution is 2.31. The van der Waals surface area contributed by atoms with Crippen molar-refractivity contribution < 1.29 is 23.9 Å². The number of hydrogen-bond acceptors (Lipinski definition) is 5. The van der Waals surface area contributed by atoms with Gasteiger partial charge in [0.25, 0.3) is 11.8 Å². The summed E-state index contributed by atoms with van der Waals surface area (Å²) in [5, 5.41) is 6.36. The van der Waals surface area contributed by atoms with Gasteiger partial charge >= 0.3 is 6.03 Å². The lowest BCUT2D eigenvalue weighted by molar-refractivity contribution is -0.123. The van der Waals surface area contributed by atoms with E-state index in [-0.39, 0.29) is 5.57 Å². The first kappa shape index (κ1) is 20.2. The Morgan fingerprint density at radius 2 is 1.65 bits per heavy atom. The van der Waals surface area contributed by atoms with Crippen LogP contribution in [0.3, 0.4) is 0 Å². The molecule has 0 aromatic heterocycles. The van der Waals surface area contributed by atoms with Crippen molar-refractivity contribution >= 4 is 34.7 Å². The first-order chi connectivity index (χ1) is 15.0. The molecule has 0 saturated carbocycles. The van der Waals surface area contributed by atoms with E-state index in [0.717, 1.165) is 21.9 Å². The minimum atomic E-state index is -0.836. The average Bonchev–Trinajstić information content (AvgIpc) is 2.76. The third-order valence-corrected chi connectivity index (χ3v) is 5.09. The van der Waals surface area contributed by atoms with Crippen LogP contribution in [-0.2, 0) is 16.2 Å². The van der Waals surface area contributed by atoms with Gasteiger partial charge in [0.1, 0.15) is 12.2 Å². The van der Waals surface area contributed by atoms with Crippen LogP contribution in [-0.4, -0.2) is 25.0 Å². The number of fused-ring (bicyclic) bond motifs is 1. The molecule has 0 aliphatic carbocycles. The van der Waals surface area contributed by atoms with Crippen molar-refractivity contribution in [3.05, 3.63) is 76.9 Å². The molecule has 4 amide bonds. The molecule has 0 atom stereocenters. The van der Waals surface area contributed by atoms with E-state index in [1.807, 2.05) is 29.7 Å². The number of carbonyl (C=O) groups is 3. The molecule has 1 aliphatic rings. The van der Waals surface area contributed by atoms with Crippen LogP contribution in [0, 0.1) is 6.92 Å². The first-order valence-corrected chi connectivity index (χ1v) is 9.62.